The normalized spacial score (nSPS) is 11.7. The average Bonchev–Trinajstić information content (AvgIpc) is 3.08. The Morgan fingerprint density at radius 3 is 2.36 bits per heavy atom. The van der Waals surface area contributed by atoms with E-state index in [4.69, 9.17) is 23.8 Å². The number of benzene rings is 1. The average molecular weight is 388 g/mol. The molecule has 0 aliphatic heterocycles. The van der Waals surface area contributed by atoms with Gasteiger partial charge in [-0.2, -0.15) is 4.57 Å². The Hall–Kier alpha value is -2.21. The highest BCUT2D eigenvalue weighted by Crippen LogP contribution is 2.28. The maximum absolute atomic E-state index is 10.8. The molecule has 0 aliphatic carbocycles. The van der Waals surface area contributed by atoms with E-state index in [1.165, 1.54) is 11.3 Å². The van der Waals surface area contributed by atoms with Crippen LogP contribution in [-0.4, -0.2) is 10.1 Å². The molecule has 2 heterocycles. The highest BCUT2D eigenvalue weighted by atomic mass is 35.5. The largest absolute Gasteiger partial charge is 0.501 e. The predicted molar refractivity (Wildman–Crippen MR) is 108 cm³/mol. The van der Waals surface area contributed by atoms with Crippen LogP contribution in [0.15, 0.2) is 73.1 Å². The number of thiophene rings is 1. The van der Waals surface area contributed by atoms with E-state index in [2.05, 4.69) is 5.32 Å². The zero-order valence-electron chi connectivity index (χ0n) is 13.2. The fourth-order valence-corrected chi connectivity index (χ4v) is 3.58. The Morgan fingerprint density at radius 1 is 1.04 bits per heavy atom. The van der Waals surface area contributed by atoms with Gasteiger partial charge in [0.05, 0.1) is 9.21 Å². The second-order valence-corrected chi connectivity index (χ2v) is 7.38. The number of halogens is 1. The van der Waals surface area contributed by atoms with Crippen LogP contribution >= 0.6 is 35.2 Å². The zero-order chi connectivity index (χ0) is 17.6. The molecule has 0 saturated carbocycles. The molecule has 0 radical (unpaired) electrons. The molecular formula is C19H16ClN2OS2+. The summed E-state index contributed by atoms with van der Waals surface area (Å²) in [4.78, 5) is 1.13. The molecule has 0 amide bonds. The van der Waals surface area contributed by atoms with Gasteiger partial charge in [-0.05, 0) is 17.7 Å². The van der Waals surface area contributed by atoms with E-state index in [1.807, 2.05) is 60.9 Å². The van der Waals surface area contributed by atoms with Crippen LogP contribution in [0.4, 0.5) is 0 Å². The molecule has 0 atom stereocenters. The molecule has 0 saturated heterocycles. The SMILES string of the molecule is OC(=C(C(=S)NCc1ccccc1)[n+]1ccccc1)c1ccc(Cl)s1. The van der Waals surface area contributed by atoms with Gasteiger partial charge in [0.15, 0.2) is 17.4 Å². The minimum absolute atomic E-state index is 0.0960. The first-order valence-electron chi connectivity index (χ1n) is 7.63. The maximum atomic E-state index is 10.8. The van der Waals surface area contributed by atoms with Crippen LogP contribution < -0.4 is 9.88 Å². The lowest BCUT2D eigenvalue weighted by Crippen LogP contribution is -2.40. The third kappa shape index (κ3) is 4.45. The standard InChI is InChI=1S/C19H15ClN2OS2/c20-16-10-9-15(25-16)18(23)17(22-11-5-2-6-12-22)19(24)21-13-14-7-3-1-4-8-14/h1-12H,13H2,(H-,21,23,24)/p+1. The van der Waals surface area contributed by atoms with Crippen LogP contribution in [0.5, 0.6) is 0 Å². The van der Waals surface area contributed by atoms with Crippen molar-refractivity contribution >= 4 is 51.6 Å². The van der Waals surface area contributed by atoms with E-state index >= 15 is 0 Å². The minimum atomic E-state index is 0.0960. The van der Waals surface area contributed by atoms with E-state index in [-0.39, 0.29) is 5.76 Å². The van der Waals surface area contributed by atoms with Crippen LogP contribution in [0.2, 0.25) is 4.34 Å². The summed E-state index contributed by atoms with van der Waals surface area (Å²) in [6, 6.07) is 19.2. The first-order chi connectivity index (χ1) is 12.1. The molecule has 25 heavy (non-hydrogen) atoms. The molecule has 0 bridgehead atoms. The van der Waals surface area contributed by atoms with Crippen molar-refractivity contribution in [2.75, 3.05) is 0 Å². The molecule has 0 unspecified atom stereocenters. The lowest BCUT2D eigenvalue weighted by molar-refractivity contribution is -0.576. The van der Waals surface area contributed by atoms with Crippen molar-refractivity contribution < 1.29 is 9.67 Å². The Balaban J connectivity index is 1.92. The third-order valence-corrected chi connectivity index (χ3v) is 5.09. The van der Waals surface area contributed by atoms with Gasteiger partial charge in [-0.3, -0.25) is 0 Å². The van der Waals surface area contributed by atoms with Gasteiger partial charge < -0.3 is 10.4 Å². The Labute approximate surface area is 160 Å². The number of aromatic nitrogens is 1. The first kappa shape index (κ1) is 17.6. The number of rotatable bonds is 5. The summed E-state index contributed by atoms with van der Waals surface area (Å²) in [6.45, 7) is 0.578. The van der Waals surface area contributed by atoms with Crippen LogP contribution in [-0.2, 0) is 6.54 Å². The molecule has 2 aromatic heterocycles. The van der Waals surface area contributed by atoms with Gasteiger partial charge in [0, 0.05) is 18.7 Å². The van der Waals surface area contributed by atoms with Crippen LogP contribution in [0.25, 0.3) is 11.5 Å². The Morgan fingerprint density at radius 2 is 1.72 bits per heavy atom. The van der Waals surface area contributed by atoms with Crippen molar-refractivity contribution in [1.82, 2.24) is 5.32 Å². The van der Waals surface area contributed by atoms with E-state index in [0.717, 1.165) is 5.56 Å². The summed E-state index contributed by atoms with van der Waals surface area (Å²) in [5.41, 5.74) is 1.63. The van der Waals surface area contributed by atoms with Gasteiger partial charge in [-0.15, -0.1) is 11.3 Å². The quantitative estimate of drug-likeness (QED) is 0.288. The number of aliphatic hydroxyl groups is 1. The monoisotopic (exact) mass is 387 g/mol. The minimum Gasteiger partial charge on any atom is -0.501 e. The van der Waals surface area contributed by atoms with Gasteiger partial charge in [0.2, 0.25) is 5.76 Å². The van der Waals surface area contributed by atoms with Crippen molar-refractivity contribution in [3.05, 3.63) is 87.8 Å². The lowest BCUT2D eigenvalue weighted by atomic mass is 10.2. The van der Waals surface area contributed by atoms with Crippen LogP contribution in [0.1, 0.15) is 10.4 Å². The van der Waals surface area contributed by atoms with Gasteiger partial charge in [-0.25, -0.2) is 0 Å². The van der Waals surface area contributed by atoms with E-state index in [0.29, 0.717) is 26.4 Å². The number of nitrogens with zero attached hydrogens (tertiary/aromatic N) is 1. The summed E-state index contributed by atoms with van der Waals surface area (Å²) >= 11 is 12.9. The fraction of sp³-hybridized carbons (Fsp3) is 0.0526. The lowest BCUT2D eigenvalue weighted by Gasteiger charge is -2.09. The molecule has 126 valence electrons. The van der Waals surface area contributed by atoms with Crippen LogP contribution in [0.3, 0.4) is 0 Å². The van der Waals surface area contributed by atoms with Crippen molar-refractivity contribution in [3.8, 4) is 0 Å². The number of nitrogens with one attached hydrogen (secondary N) is 1. The highest BCUT2D eigenvalue weighted by molar-refractivity contribution is 7.81. The molecule has 3 nitrogen and oxygen atoms in total. The van der Waals surface area contributed by atoms with Crippen LogP contribution in [0, 0.1) is 0 Å². The van der Waals surface area contributed by atoms with Gasteiger partial charge in [0.25, 0.3) is 5.70 Å². The van der Waals surface area contributed by atoms with Crippen molar-refractivity contribution in [2.45, 2.75) is 6.54 Å². The van der Waals surface area contributed by atoms with Gasteiger partial charge in [0.1, 0.15) is 0 Å². The van der Waals surface area contributed by atoms with E-state index in [1.54, 1.807) is 16.7 Å². The first-order valence-corrected chi connectivity index (χ1v) is 9.23. The number of pyridine rings is 1. The molecule has 3 rings (SSSR count). The molecule has 1 aromatic carbocycles. The zero-order valence-corrected chi connectivity index (χ0v) is 15.6. The Kier molecular flexibility index (Phi) is 5.81. The van der Waals surface area contributed by atoms with Gasteiger partial charge >= 0.3 is 0 Å². The number of aliphatic hydroxyl groups excluding tert-OH is 1. The Bertz CT molecular complexity index is 892. The number of hydrogen-bond acceptors (Lipinski definition) is 3. The van der Waals surface area contributed by atoms with E-state index < -0.39 is 0 Å². The number of thiocarbonyl (C=S) groups is 1. The second-order valence-electron chi connectivity index (χ2n) is 5.25. The summed E-state index contributed by atoms with van der Waals surface area (Å²) in [5, 5.41) is 14.0. The highest BCUT2D eigenvalue weighted by Gasteiger charge is 2.24. The molecule has 6 heteroatoms. The summed E-state index contributed by atoms with van der Waals surface area (Å²) < 4.78 is 2.41. The summed E-state index contributed by atoms with van der Waals surface area (Å²) in [6.07, 6.45) is 3.69. The molecule has 0 spiro atoms. The topological polar surface area (TPSA) is 36.1 Å². The molecule has 2 N–H and O–H groups in total. The summed E-state index contributed by atoms with van der Waals surface area (Å²) in [7, 11) is 0. The van der Waals surface area contributed by atoms with Crippen molar-refractivity contribution in [1.29, 1.82) is 0 Å². The van der Waals surface area contributed by atoms with E-state index in [9.17, 15) is 5.11 Å². The summed E-state index contributed by atoms with van der Waals surface area (Å²) in [5.74, 6) is 0.0960. The molecular weight excluding hydrogens is 372 g/mol. The van der Waals surface area contributed by atoms with Crippen molar-refractivity contribution in [3.63, 3.8) is 0 Å². The second kappa shape index (κ2) is 8.25. The maximum Gasteiger partial charge on any atom is 0.288 e. The number of hydrogen-bond donors (Lipinski definition) is 2. The molecule has 0 fully saturated rings. The molecule has 3 aromatic rings. The third-order valence-electron chi connectivity index (χ3n) is 3.52. The smallest absolute Gasteiger partial charge is 0.288 e. The van der Waals surface area contributed by atoms with Crippen molar-refractivity contribution in [2.24, 2.45) is 0 Å². The fourth-order valence-electron chi connectivity index (χ4n) is 2.31. The predicted octanol–water partition coefficient (Wildman–Crippen LogP) is 4.69. The van der Waals surface area contributed by atoms with Gasteiger partial charge in [-0.1, -0.05) is 60.2 Å². The molecule has 0 aliphatic rings.